The Morgan fingerprint density at radius 2 is 0.750 bits per heavy atom. The van der Waals surface area contributed by atoms with E-state index in [2.05, 4.69) is 31.9 Å². The van der Waals surface area contributed by atoms with Crippen molar-refractivity contribution < 1.29 is 75.9 Å². The Morgan fingerprint density at radius 3 is 1.11 bits per heavy atom. The summed E-state index contributed by atoms with van der Waals surface area (Å²) in [5, 5.41) is 14.0. The second kappa shape index (κ2) is 20.1. The number of hydrogen-bond acceptors (Lipinski definition) is 13. The maximum Gasteiger partial charge on any atom is 0.323 e. The highest BCUT2D eigenvalue weighted by Gasteiger charge is 2.27. The molecule has 0 radical (unpaired) electrons. The van der Waals surface area contributed by atoms with Gasteiger partial charge >= 0.3 is 6.03 Å². The number of amides is 6. The van der Waals surface area contributed by atoms with Gasteiger partial charge in [0.25, 0.3) is 64.1 Å². The number of carbonyl (C=O) groups excluding carboxylic acids is 5. The third kappa shape index (κ3) is 11.4. The van der Waals surface area contributed by atoms with Crippen LogP contribution in [0.25, 0.3) is 21.5 Å². The Morgan fingerprint density at radius 1 is 0.382 bits per heavy atom. The number of nitrogens with one attached hydrogen (secondary N) is 6. The molecule has 0 atom stereocenters. The molecule has 76 heavy (non-hydrogen) atoms. The van der Waals surface area contributed by atoms with Crippen molar-refractivity contribution in [1.82, 2.24) is 9.13 Å². The predicted molar refractivity (Wildman–Crippen MR) is 275 cm³/mol. The number of benzene rings is 6. The fraction of sp³-hybridized carbons (Fsp3) is 0.0426. The highest BCUT2D eigenvalue weighted by atomic mass is 32.2. The first-order valence-corrected chi connectivity index (χ1v) is 27.2. The first-order valence-electron chi connectivity index (χ1n) is 21.4. The molecule has 0 saturated heterocycles. The third-order valence-electron chi connectivity index (χ3n) is 11.3. The second-order valence-corrected chi connectivity index (χ2v) is 22.0. The van der Waals surface area contributed by atoms with E-state index in [9.17, 15) is 75.9 Å². The van der Waals surface area contributed by atoms with Gasteiger partial charge in [0, 0.05) is 70.5 Å². The van der Waals surface area contributed by atoms with Crippen molar-refractivity contribution in [3.63, 3.8) is 0 Å². The lowest BCUT2D eigenvalue weighted by Crippen LogP contribution is -2.19. The number of rotatable bonds is 14. The van der Waals surface area contributed by atoms with Gasteiger partial charge < -0.3 is 41.0 Å². The van der Waals surface area contributed by atoms with Crippen LogP contribution in [-0.4, -0.2) is 90.7 Å². The van der Waals surface area contributed by atoms with Gasteiger partial charge in [-0.25, -0.2) is 4.79 Å². The molecule has 0 saturated carbocycles. The molecule has 0 aliphatic heterocycles. The van der Waals surface area contributed by atoms with Crippen molar-refractivity contribution >= 4 is 126 Å². The minimum Gasteiger partial charge on any atom is -0.344 e. The van der Waals surface area contributed by atoms with Gasteiger partial charge in [0.1, 0.15) is 31.0 Å². The second-order valence-electron chi connectivity index (χ2n) is 16.5. The number of hydrogen-bond donors (Lipinski definition) is 10. The van der Waals surface area contributed by atoms with Gasteiger partial charge in [-0.15, -0.1) is 0 Å². The standard InChI is InChI=1S/C47H38N8O17S4/c1-54-23-29(21-37(54)45(58)48-27-9-3-7-25(19-27)43(56)52-35-17-15-31-33(41(35)75(67,68)69)11-5-13-39(31)73(61,62)63)50-47(60)51-30-22-38(55(2)24-30)46(59)49-28-10-4-8-26(20-28)44(57)53-36-18-16-32-34(42(36)76(70,71)72)12-6-14-40(32)74(64,65)66/h3-24H,1-2H3,(H,48,58)(H,49,59)(H,52,56)(H,53,57)(H2,50,51,60)(H,61,62,63)(H,64,65,66)(H,67,68,69)(H,70,71,72). The molecule has 0 aliphatic rings. The summed E-state index contributed by atoms with van der Waals surface area (Å²) in [5.41, 5.74) is -0.409. The molecule has 6 aromatic carbocycles. The summed E-state index contributed by atoms with van der Waals surface area (Å²) in [7, 11) is -16.8. The average molecular weight is 1120 g/mol. The van der Waals surface area contributed by atoms with Crippen LogP contribution in [0.2, 0.25) is 0 Å². The topological polar surface area (TPSA) is 385 Å². The van der Waals surface area contributed by atoms with E-state index in [1.165, 1.54) is 108 Å². The van der Waals surface area contributed by atoms with Gasteiger partial charge in [-0.2, -0.15) is 33.7 Å². The fourth-order valence-electron chi connectivity index (χ4n) is 8.07. The number of anilines is 6. The molecule has 6 amide bonds. The third-order valence-corrected chi connectivity index (χ3v) is 15.0. The van der Waals surface area contributed by atoms with Gasteiger partial charge in [-0.3, -0.25) is 37.4 Å². The van der Waals surface area contributed by atoms with Crippen molar-refractivity contribution in [2.75, 3.05) is 31.9 Å². The SMILES string of the molecule is Cn1cc(NC(=O)Nc2cc(C(=O)Nc3cccc(C(=O)Nc4ccc5c(S(=O)(=O)O)cccc5c4S(=O)(=O)O)c3)n(C)c2)cc1C(=O)Nc1cccc(C(=O)Nc2ccc3c(S(=O)(=O)O)cccc3c2S(=O)(=O)O)c1. The minimum absolute atomic E-state index is 0.0389. The summed E-state index contributed by atoms with van der Waals surface area (Å²) in [6.45, 7) is 0. The average Bonchev–Trinajstić information content (AvgIpc) is 3.90. The molecular formula is C47H38N8O17S4. The molecular weight excluding hydrogens is 1080 g/mol. The number of aromatic nitrogens is 2. The zero-order valence-corrected chi connectivity index (χ0v) is 42.1. The molecule has 25 nitrogen and oxygen atoms in total. The molecule has 8 aromatic rings. The van der Waals surface area contributed by atoms with Crippen molar-refractivity contribution in [3.05, 3.63) is 156 Å². The summed E-state index contributed by atoms with van der Waals surface area (Å²) >= 11 is 0. The molecule has 0 aliphatic carbocycles. The van der Waals surface area contributed by atoms with Crippen molar-refractivity contribution in [1.29, 1.82) is 0 Å². The van der Waals surface area contributed by atoms with Gasteiger partial charge in [0.2, 0.25) is 0 Å². The smallest absolute Gasteiger partial charge is 0.323 e. The van der Waals surface area contributed by atoms with E-state index in [4.69, 9.17) is 0 Å². The van der Waals surface area contributed by atoms with E-state index in [0.717, 1.165) is 48.5 Å². The zero-order valence-electron chi connectivity index (χ0n) is 38.8. The van der Waals surface area contributed by atoms with E-state index >= 15 is 0 Å². The van der Waals surface area contributed by atoms with Crippen LogP contribution in [0.4, 0.5) is 38.9 Å². The predicted octanol–water partition coefficient (Wildman–Crippen LogP) is 6.31. The fourth-order valence-corrected chi connectivity index (χ4v) is 11.2. The highest BCUT2D eigenvalue weighted by molar-refractivity contribution is 7.87. The first kappa shape index (κ1) is 53.5. The molecule has 0 unspecified atom stereocenters. The van der Waals surface area contributed by atoms with Gasteiger partial charge in [0.05, 0.1) is 22.7 Å². The Hall–Kier alpha value is -8.81. The molecule has 0 bridgehead atoms. The number of nitrogens with zero attached hydrogens (tertiary/aromatic N) is 2. The lowest BCUT2D eigenvalue weighted by Gasteiger charge is -2.14. The maximum absolute atomic E-state index is 13.4. The lowest BCUT2D eigenvalue weighted by atomic mass is 10.1. The first-order chi connectivity index (χ1) is 35.6. The van der Waals surface area contributed by atoms with Gasteiger partial charge in [-0.05, 0) is 72.8 Å². The Balaban J connectivity index is 0.893. The quantitative estimate of drug-likeness (QED) is 0.0533. The zero-order chi connectivity index (χ0) is 55.2. The summed E-state index contributed by atoms with van der Waals surface area (Å²) in [6.07, 6.45) is 2.84. The van der Waals surface area contributed by atoms with Crippen molar-refractivity contribution in [2.24, 2.45) is 14.1 Å². The van der Waals surface area contributed by atoms with Crippen LogP contribution < -0.4 is 31.9 Å². The summed E-state index contributed by atoms with van der Waals surface area (Å²) < 4.78 is 140. The molecule has 2 heterocycles. The largest absolute Gasteiger partial charge is 0.344 e. The molecule has 0 fully saturated rings. The van der Waals surface area contributed by atoms with Crippen molar-refractivity contribution in [3.8, 4) is 0 Å². The monoisotopic (exact) mass is 1110 g/mol. The van der Waals surface area contributed by atoms with E-state index in [-0.39, 0.29) is 66.8 Å². The minimum atomic E-state index is -5.10. The highest BCUT2D eigenvalue weighted by Crippen LogP contribution is 2.36. The van der Waals surface area contributed by atoms with Crippen LogP contribution in [0, 0.1) is 0 Å². The molecule has 10 N–H and O–H groups in total. The van der Waals surface area contributed by atoms with E-state index in [0.29, 0.717) is 0 Å². The van der Waals surface area contributed by atoms with E-state index < -0.39 is 101 Å². The molecule has 29 heteroatoms. The summed E-state index contributed by atoms with van der Waals surface area (Å²) in [6, 6.07) is 23.8. The Bertz CT molecular complexity index is 4000. The van der Waals surface area contributed by atoms with Crippen LogP contribution in [0.3, 0.4) is 0 Å². The molecule has 2 aromatic heterocycles. The van der Waals surface area contributed by atoms with E-state index in [1.54, 1.807) is 0 Å². The Kier molecular flexibility index (Phi) is 14.2. The summed E-state index contributed by atoms with van der Waals surface area (Å²) in [4.78, 5) is 63.8. The molecule has 392 valence electrons. The van der Waals surface area contributed by atoms with Crippen LogP contribution in [-0.2, 0) is 54.6 Å². The van der Waals surface area contributed by atoms with Crippen LogP contribution in [0.15, 0.2) is 153 Å². The molecule has 0 spiro atoms. The van der Waals surface area contributed by atoms with Gasteiger partial charge in [-0.1, -0.05) is 48.5 Å². The van der Waals surface area contributed by atoms with Crippen LogP contribution >= 0.6 is 0 Å². The van der Waals surface area contributed by atoms with Crippen LogP contribution in [0.5, 0.6) is 0 Å². The van der Waals surface area contributed by atoms with E-state index in [1.807, 2.05) is 0 Å². The molecule has 8 rings (SSSR count). The van der Waals surface area contributed by atoms with Crippen LogP contribution in [0.1, 0.15) is 41.7 Å². The maximum atomic E-state index is 13.4. The Labute approximate surface area is 430 Å². The van der Waals surface area contributed by atoms with Crippen molar-refractivity contribution in [2.45, 2.75) is 19.6 Å². The number of aryl methyl sites for hydroxylation is 2. The number of urea groups is 1. The normalized spacial score (nSPS) is 12.0. The number of carbonyl (C=O) groups is 5. The van der Waals surface area contributed by atoms with Gasteiger partial charge in [0.15, 0.2) is 0 Å². The lowest BCUT2D eigenvalue weighted by molar-refractivity contribution is 0.101. The number of fused-ring (bicyclic) bond motifs is 2. The summed E-state index contributed by atoms with van der Waals surface area (Å²) in [5.74, 6) is -3.17.